The van der Waals surface area contributed by atoms with E-state index in [1.54, 1.807) is 0 Å². The third kappa shape index (κ3) is 4.10. The Labute approximate surface area is 125 Å². The summed E-state index contributed by atoms with van der Waals surface area (Å²) in [6.07, 6.45) is 0. The first-order valence-electron chi connectivity index (χ1n) is 6.08. The van der Waals surface area contributed by atoms with Crippen molar-refractivity contribution in [2.24, 2.45) is 0 Å². The highest BCUT2D eigenvalue weighted by Crippen LogP contribution is 2.14. The number of sulfonamides is 1. The normalized spacial score (nSPS) is 10.9. The first-order chi connectivity index (χ1) is 10.4. The Morgan fingerprint density at radius 2 is 1.59 bits per heavy atom. The van der Waals surface area contributed by atoms with Gasteiger partial charge in [-0.25, -0.2) is 21.6 Å². The van der Waals surface area contributed by atoms with Crippen molar-refractivity contribution < 1.29 is 21.6 Å². The van der Waals surface area contributed by atoms with E-state index in [0.29, 0.717) is 11.6 Å². The van der Waals surface area contributed by atoms with Gasteiger partial charge in [-0.2, -0.15) is 4.72 Å². The molecule has 1 N–H and O–H groups in total. The zero-order chi connectivity index (χ0) is 16.2. The second kappa shape index (κ2) is 6.64. The largest absolute Gasteiger partial charge is 0.244 e. The van der Waals surface area contributed by atoms with Crippen molar-refractivity contribution in [1.29, 1.82) is 0 Å². The average Bonchev–Trinajstić information content (AvgIpc) is 2.45. The van der Waals surface area contributed by atoms with E-state index < -0.39 is 32.4 Å². The van der Waals surface area contributed by atoms with E-state index >= 15 is 0 Å². The van der Waals surface area contributed by atoms with Crippen LogP contribution in [0.3, 0.4) is 0 Å². The van der Waals surface area contributed by atoms with Gasteiger partial charge in [0.05, 0.1) is 6.54 Å². The molecule has 114 valence electrons. The Bertz CT molecular complexity index is 837. The molecule has 0 saturated heterocycles. The van der Waals surface area contributed by atoms with E-state index in [-0.39, 0.29) is 6.54 Å². The van der Waals surface area contributed by atoms with E-state index in [1.165, 1.54) is 24.3 Å². The number of hydrogen-bond donors (Lipinski definition) is 1. The Hall–Kier alpha value is -2.30. The fourth-order valence-corrected chi connectivity index (χ4v) is 2.56. The quantitative estimate of drug-likeness (QED) is 0.881. The molecule has 2 rings (SSSR count). The minimum Gasteiger partial charge on any atom is -0.207 e. The number of hydrogen-bond acceptors (Lipinski definition) is 2. The number of halogens is 3. The van der Waals surface area contributed by atoms with E-state index in [0.717, 1.165) is 12.1 Å². The van der Waals surface area contributed by atoms with Crippen LogP contribution >= 0.6 is 0 Å². The van der Waals surface area contributed by atoms with Gasteiger partial charge in [0.25, 0.3) is 0 Å². The maximum absolute atomic E-state index is 13.4. The van der Waals surface area contributed by atoms with Crippen molar-refractivity contribution in [1.82, 2.24) is 4.72 Å². The van der Waals surface area contributed by atoms with Gasteiger partial charge in [0.15, 0.2) is 0 Å². The molecule has 0 saturated carbocycles. The predicted molar refractivity (Wildman–Crippen MR) is 74.8 cm³/mol. The van der Waals surface area contributed by atoms with Crippen LogP contribution in [0.1, 0.15) is 5.56 Å². The summed E-state index contributed by atoms with van der Waals surface area (Å²) in [5.74, 6) is 2.69. The molecule has 0 amide bonds. The summed E-state index contributed by atoms with van der Waals surface area (Å²) in [4.78, 5) is -0.655. The van der Waals surface area contributed by atoms with E-state index in [1.807, 2.05) is 0 Å². The lowest BCUT2D eigenvalue weighted by Gasteiger charge is -2.04. The number of rotatable bonds is 3. The highest BCUT2D eigenvalue weighted by Gasteiger charge is 2.18. The van der Waals surface area contributed by atoms with Gasteiger partial charge in [0.1, 0.15) is 22.3 Å². The molecule has 0 aliphatic rings. The van der Waals surface area contributed by atoms with Crippen LogP contribution in [0.25, 0.3) is 0 Å². The van der Waals surface area contributed by atoms with Crippen LogP contribution in [0, 0.1) is 29.3 Å². The first-order valence-corrected chi connectivity index (χ1v) is 7.56. The van der Waals surface area contributed by atoms with Crippen LogP contribution in [0.15, 0.2) is 47.4 Å². The van der Waals surface area contributed by atoms with Gasteiger partial charge >= 0.3 is 0 Å². The summed E-state index contributed by atoms with van der Waals surface area (Å²) in [6, 6.07) is 7.50. The smallest absolute Gasteiger partial charge is 0.207 e. The van der Waals surface area contributed by atoms with Gasteiger partial charge < -0.3 is 0 Å². The van der Waals surface area contributed by atoms with Crippen molar-refractivity contribution in [3.8, 4) is 11.8 Å². The van der Waals surface area contributed by atoms with Crippen LogP contribution in [0.2, 0.25) is 0 Å². The predicted octanol–water partition coefficient (Wildman–Crippen LogP) is 2.43. The van der Waals surface area contributed by atoms with Crippen LogP contribution in [-0.4, -0.2) is 15.0 Å². The SMILES string of the molecule is O=S(=O)(NCC#Cc1ccc(F)cc1)c1ccc(F)cc1F. The van der Waals surface area contributed by atoms with Gasteiger partial charge in [-0.3, -0.25) is 0 Å². The van der Waals surface area contributed by atoms with Crippen LogP contribution in [-0.2, 0) is 10.0 Å². The second-order valence-electron chi connectivity index (χ2n) is 4.21. The third-order valence-electron chi connectivity index (χ3n) is 2.61. The fraction of sp³-hybridized carbons (Fsp3) is 0.0667. The first kappa shape index (κ1) is 16.1. The zero-order valence-electron chi connectivity index (χ0n) is 11.1. The van der Waals surface area contributed by atoms with Gasteiger partial charge in [0, 0.05) is 11.6 Å². The van der Waals surface area contributed by atoms with Crippen molar-refractivity contribution in [2.45, 2.75) is 4.90 Å². The maximum atomic E-state index is 13.4. The van der Waals surface area contributed by atoms with Crippen LogP contribution in [0.4, 0.5) is 13.2 Å². The molecular weight excluding hydrogens is 315 g/mol. The molecule has 2 aromatic carbocycles. The lowest BCUT2D eigenvalue weighted by atomic mass is 10.2. The molecule has 2 aromatic rings. The molecule has 0 spiro atoms. The van der Waals surface area contributed by atoms with Gasteiger partial charge in [0.2, 0.25) is 10.0 Å². The Balaban J connectivity index is 2.06. The molecule has 0 aliphatic heterocycles. The average molecular weight is 325 g/mol. The van der Waals surface area contributed by atoms with E-state index in [2.05, 4.69) is 16.6 Å². The third-order valence-corrected chi connectivity index (χ3v) is 4.05. The molecule has 0 fully saturated rings. The minimum atomic E-state index is -4.12. The summed E-state index contributed by atoms with van der Waals surface area (Å²) >= 11 is 0. The second-order valence-corrected chi connectivity index (χ2v) is 5.94. The lowest BCUT2D eigenvalue weighted by Crippen LogP contribution is -2.25. The lowest BCUT2D eigenvalue weighted by molar-refractivity contribution is 0.545. The minimum absolute atomic E-state index is 0.267. The number of nitrogens with one attached hydrogen (secondary N) is 1. The van der Waals surface area contributed by atoms with E-state index in [9.17, 15) is 21.6 Å². The zero-order valence-corrected chi connectivity index (χ0v) is 11.9. The summed E-state index contributed by atoms with van der Waals surface area (Å²) in [6.45, 7) is -0.267. The highest BCUT2D eigenvalue weighted by atomic mass is 32.2. The van der Waals surface area contributed by atoms with Crippen LogP contribution in [0.5, 0.6) is 0 Å². The Kier molecular flexibility index (Phi) is 4.85. The van der Waals surface area contributed by atoms with Crippen molar-refractivity contribution in [3.63, 3.8) is 0 Å². The monoisotopic (exact) mass is 325 g/mol. The standard InChI is InChI=1S/C15H10F3NO2S/c16-12-5-3-11(4-6-12)2-1-9-19-22(20,21)15-8-7-13(17)10-14(15)18/h3-8,10,19H,9H2. The van der Waals surface area contributed by atoms with E-state index in [4.69, 9.17) is 0 Å². The topological polar surface area (TPSA) is 46.2 Å². The molecule has 0 heterocycles. The van der Waals surface area contributed by atoms with Gasteiger partial charge in [-0.05, 0) is 36.4 Å². The molecular formula is C15H10F3NO2S. The van der Waals surface area contributed by atoms with Crippen molar-refractivity contribution >= 4 is 10.0 Å². The molecule has 0 aliphatic carbocycles. The molecule has 3 nitrogen and oxygen atoms in total. The summed E-state index contributed by atoms with van der Waals surface area (Å²) < 4.78 is 64.6. The molecule has 7 heteroatoms. The molecule has 0 unspecified atom stereocenters. The summed E-state index contributed by atoms with van der Waals surface area (Å²) in [5, 5.41) is 0. The number of benzene rings is 2. The van der Waals surface area contributed by atoms with Crippen LogP contribution < -0.4 is 4.72 Å². The van der Waals surface area contributed by atoms with Crippen molar-refractivity contribution in [3.05, 3.63) is 65.5 Å². The molecule has 0 bridgehead atoms. The molecule has 22 heavy (non-hydrogen) atoms. The Morgan fingerprint density at radius 3 is 2.23 bits per heavy atom. The van der Waals surface area contributed by atoms with Gasteiger partial charge in [-0.15, -0.1) is 0 Å². The van der Waals surface area contributed by atoms with Gasteiger partial charge in [-0.1, -0.05) is 11.8 Å². The molecule has 0 aromatic heterocycles. The molecule has 0 atom stereocenters. The fourth-order valence-electron chi connectivity index (χ4n) is 1.58. The summed E-state index contributed by atoms with van der Waals surface area (Å²) in [5.41, 5.74) is 0.508. The summed E-state index contributed by atoms with van der Waals surface area (Å²) in [7, 11) is -4.12. The molecule has 0 radical (unpaired) electrons. The maximum Gasteiger partial charge on any atom is 0.244 e. The Morgan fingerprint density at radius 1 is 0.955 bits per heavy atom. The van der Waals surface area contributed by atoms with Crippen molar-refractivity contribution in [2.75, 3.05) is 6.54 Å². The highest BCUT2D eigenvalue weighted by molar-refractivity contribution is 7.89.